The third-order valence-corrected chi connectivity index (χ3v) is 6.28. The van der Waals surface area contributed by atoms with Crippen molar-refractivity contribution in [3.05, 3.63) is 46.1 Å². The van der Waals surface area contributed by atoms with Gasteiger partial charge >= 0.3 is 6.61 Å². The van der Waals surface area contributed by atoms with Gasteiger partial charge in [-0.3, -0.25) is 4.90 Å². The number of morpholine rings is 1. The molecule has 1 saturated heterocycles. The number of para-hydroxylation sites is 1. The van der Waals surface area contributed by atoms with Gasteiger partial charge in [-0.05, 0) is 25.5 Å². The Labute approximate surface area is 177 Å². The Morgan fingerprint density at radius 3 is 2.73 bits per heavy atom. The molecule has 0 saturated carbocycles. The van der Waals surface area contributed by atoms with Crippen molar-refractivity contribution in [1.29, 1.82) is 0 Å². The standard InChI is InChI=1S/C21H24F2N4O2S/c1-13-14(2)30-20-18(13)19(25-17(26-20)12-27-7-9-28-10-8-27)24-11-15-5-3-4-6-16(15)29-21(22)23/h3-6,21H,7-12H2,1-2H3,(H,24,25,26). The lowest BCUT2D eigenvalue weighted by Crippen LogP contribution is -2.36. The maximum Gasteiger partial charge on any atom is 0.387 e. The Balaban J connectivity index is 1.62. The highest BCUT2D eigenvalue weighted by atomic mass is 32.1. The molecule has 0 atom stereocenters. The molecule has 0 radical (unpaired) electrons. The van der Waals surface area contributed by atoms with Gasteiger partial charge in [0, 0.05) is 30.1 Å². The number of ether oxygens (including phenoxy) is 2. The second-order valence-electron chi connectivity index (χ2n) is 7.18. The predicted molar refractivity (Wildman–Crippen MR) is 113 cm³/mol. The smallest absolute Gasteiger partial charge is 0.387 e. The molecule has 1 fully saturated rings. The number of rotatable bonds is 7. The monoisotopic (exact) mass is 434 g/mol. The van der Waals surface area contributed by atoms with Crippen molar-refractivity contribution in [1.82, 2.24) is 14.9 Å². The summed E-state index contributed by atoms with van der Waals surface area (Å²) in [5.74, 6) is 1.62. The lowest BCUT2D eigenvalue weighted by Gasteiger charge is -2.25. The molecule has 0 bridgehead atoms. The quantitative estimate of drug-likeness (QED) is 0.597. The number of anilines is 1. The van der Waals surface area contributed by atoms with E-state index in [1.165, 1.54) is 4.88 Å². The molecule has 0 amide bonds. The third kappa shape index (κ3) is 4.69. The first-order valence-corrected chi connectivity index (χ1v) is 10.7. The van der Waals surface area contributed by atoms with E-state index < -0.39 is 6.61 Å². The lowest BCUT2D eigenvalue weighted by atomic mass is 10.2. The summed E-state index contributed by atoms with van der Waals surface area (Å²) in [5, 5.41) is 4.32. The number of nitrogens with one attached hydrogen (secondary N) is 1. The van der Waals surface area contributed by atoms with E-state index in [0.717, 1.165) is 40.5 Å². The van der Waals surface area contributed by atoms with Gasteiger partial charge in [-0.15, -0.1) is 11.3 Å². The maximum atomic E-state index is 12.7. The van der Waals surface area contributed by atoms with Crippen molar-refractivity contribution in [3.8, 4) is 5.75 Å². The lowest BCUT2D eigenvalue weighted by molar-refractivity contribution is -0.0504. The Morgan fingerprint density at radius 2 is 1.97 bits per heavy atom. The molecule has 3 aromatic rings. The minimum atomic E-state index is -2.86. The average molecular weight is 435 g/mol. The minimum absolute atomic E-state index is 0.164. The van der Waals surface area contributed by atoms with Crippen LogP contribution in [0.15, 0.2) is 24.3 Å². The van der Waals surface area contributed by atoms with Gasteiger partial charge in [0.2, 0.25) is 0 Å². The van der Waals surface area contributed by atoms with Crippen molar-refractivity contribution in [2.24, 2.45) is 0 Å². The number of thiophene rings is 1. The predicted octanol–water partition coefficient (Wildman–Crippen LogP) is 4.35. The van der Waals surface area contributed by atoms with Crippen molar-refractivity contribution < 1.29 is 18.3 Å². The van der Waals surface area contributed by atoms with Crippen LogP contribution in [0.25, 0.3) is 10.2 Å². The van der Waals surface area contributed by atoms with Crippen molar-refractivity contribution in [2.45, 2.75) is 33.5 Å². The van der Waals surface area contributed by atoms with Crippen LogP contribution in [-0.2, 0) is 17.8 Å². The largest absolute Gasteiger partial charge is 0.434 e. The summed E-state index contributed by atoms with van der Waals surface area (Å²) in [5.41, 5.74) is 1.77. The molecule has 160 valence electrons. The number of aryl methyl sites for hydroxylation is 2. The number of nitrogens with zero attached hydrogens (tertiary/aromatic N) is 3. The number of hydrogen-bond acceptors (Lipinski definition) is 7. The molecule has 1 aromatic carbocycles. The Morgan fingerprint density at radius 1 is 1.20 bits per heavy atom. The van der Waals surface area contributed by atoms with Gasteiger partial charge in [0.1, 0.15) is 22.2 Å². The average Bonchev–Trinajstić information content (AvgIpc) is 3.01. The number of hydrogen-bond donors (Lipinski definition) is 1. The summed E-state index contributed by atoms with van der Waals surface area (Å²) in [6.07, 6.45) is 0. The van der Waals surface area contributed by atoms with Crippen LogP contribution in [-0.4, -0.2) is 47.8 Å². The van der Waals surface area contributed by atoms with Gasteiger partial charge in [0.15, 0.2) is 0 Å². The van der Waals surface area contributed by atoms with E-state index in [1.807, 2.05) is 0 Å². The molecule has 1 aliphatic heterocycles. The first-order chi connectivity index (χ1) is 14.5. The van der Waals surface area contributed by atoms with Crippen molar-refractivity contribution >= 4 is 27.4 Å². The highest BCUT2D eigenvalue weighted by molar-refractivity contribution is 7.18. The zero-order valence-corrected chi connectivity index (χ0v) is 17.8. The van der Waals surface area contributed by atoms with Crippen LogP contribution in [0.5, 0.6) is 5.75 Å². The van der Waals surface area contributed by atoms with Crippen LogP contribution in [0, 0.1) is 13.8 Å². The topological polar surface area (TPSA) is 59.5 Å². The molecule has 0 spiro atoms. The van der Waals surface area contributed by atoms with Gasteiger partial charge in [-0.25, -0.2) is 9.97 Å². The molecule has 9 heteroatoms. The van der Waals surface area contributed by atoms with Crippen LogP contribution < -0.4 is 10.1 Å². The van der Waals surface area contributed by atoms with E-state index >= 15 is 0 Å². The van der Waals surface area contributed by atoms with E-state index in [9.17, 15) is 8.78 Å². The van der Waals surface area contributed by atoms with E-state index in [4.69, 9.17) is 14.7 Å². The van der Waals surface area contributed by atoms with Crippen molar-refractivity contribution in [3.63, 3.8) is 0 Å². The van der Waals surface area contributed by atoms with Crippen LogP contribution >= 0.6 is 11.3 Å². The van der Waals surface area contributed by atoms with E-state index in [-0.39, 0.29) is 5.75 Å². The van der Waals surface area contributed by atoms with Crippen LogP contribution in [0.4, 0.5) is 14.6 Å². The fourth-order valence-corrected chi connectivity index (χ4v) is 4.54. The summed E-state index contributed by atoms with van der Waals surface area (Å²) in [6, 6.07) is 6.79. The van der Waals surface area contributed by atoms with Gasteiger partial charge < -0.3 is 14.8 Å². The summed E-state index contributed by atoms with van der Waals surface area (Å²) >= 11 is 1.64. The number of aromatic nitrogens is 2. The zero-order valence-electron chi connectivity index (χ0n) is 17.0. The van der Waals surface area contributed by atoms with Crippen LogP contribution in [0.1, 0.15) is 21.8 Å². The summed E-state index contributed by atoms with van der Waals surface area (Å²) in [6.45, 7) is 5.36. The Bertz CT molecular complexity index is 1020. The first-order valence-electron chi connectivity index (χ1n) is 9.84. The second kappa shape index (κ2) is 9.20. The summed E-state index contributed by atoms with van der Waals surface area (Å²) in [7, 11) is 0. The SMILES string of the molecule is Cc1sc2nc(CN3CCOCC3)nc(NCc3ccccc3OC(F)F)c2c1C. The number of alkyl halides is 2. The molecule has 6 nitrogen and oxygen atoms in total. The molecular formula is C21H24F2N4O2S. The van der Waals surface area contributed by atoms with E-state index in [1.54, 1.807) is 35.6 Å². The van der Waals surface area contributed by atoms with E-state index in [2.05, 4.69) is 28.8 Å². The Hall–Kier alpha value is -2.36. The summed E-state index contributed by atoms with van der Waals surface area (Å²) < 4.78 is 35.5. The molecule has 3 heterocycles. The van der Waals surface area contributed by atoms with Gasteiger partial charge in [0.25, 0.3) is 0 Å². The van der Waals surface area contributed by atoms with Gasteiger partial charge in [-0.2, -0.15) is 8.78 Å². The number of fused-ring (bicyclic) bond motifs is 1. The van der Waals surface area contributed by atoms with Crippen LogP contribution in [0.2, 0.25) is 0 Å². The zero-order chi connectivity index (χ0) is 21.1. The van der Waals surface area contributed by atoms with Crippen LogP contribution in [0.3, 0.4) is 0 Å². The molecule has 0 aliphatic carbocycles. The first kappa shape index (κ1) is 20.9. The minimum Gasteiger partial charge on any atom is -0.434 e. The molecule has 1 N–H and O–H groups in total. The normalized spacial score (nSPS) is 15.1. The molecule has 1 aliphatic rings. The van der Waals surface area contributed by atoms with E-state index in [0.29, 0.717) is 31.9 Å². The molecular weight excluding hydrogens is 410 g/mol. The highest BCUT2D eigenvalue weighted by Gasteiger charge is 2.18. The summed E-state index contributed by atoms with van der Waals surface area (Å²) in [4.78, 5) is 14.0. The van der Waals surface area contributed by atoms with Gasteiger partial charge in [0.05, 0.1) is 25.1 Å². The third-order valence-electron chi connectivity index (χ3n) is 5.18. The van der Waals surface area contributed by atoms with Gasteiger partial charge in [-0.1, -0.05) is 18.2 Å². The maximum absolute atomic E-state index is 12.7. The molecule has 30 heavy (non-hydrogen) atoms. The fourth-order valence-electron chi connectivity index (χ4n) is 3.49. The fraction of sp³-hybridized carbons (Fsp3) is 0.429. The Kier molecular flexibility index (Phi) is 6.40. The number of benzene rings is 1. The second-order valence-corrected chi connectivity index (χ2v) is 8.38. The van der Waals surface area contributed by atoms with Crippen molar-refractivity contribution in [2.75, 3.05) is 31.6 Å². The molecule has 2 aromatic heterocycles. The highest BCUT2D eigenvalue weighted by Crippen LogP contribution is 2.34. The number of halogens is 2. The molecule has 0 unspecified atom stereocenters. The molecule has 4 rings (SSSR count).